The van der Waals surface area contributed by atoms with Crippen LogP contribution in [0.25, 0.3) is 0 Å². The van der Waals surface area contributed by atoms with Crippen LogP contribution in [-0.2, 0) is 37.5 Å². The van der Waals surface area contributed by atoms with E-state index < -0.39 is 20.3 Å². The first-order chi connectivity index (χ1) is 8.58. The van der Waals surface area contributed by atoms with Crippen molar-refractivity contribution in [3.8, 4) is 0 Å². The lowest BCUT2D eigenvalue weighted by Gasteiger charge is -2.13. The van der Waals surface area contributed by atoms with Gasteiger partial charge >= 0.3 is 10.2 Å². The highest BCUT2D eigenvalue weighted by atomic mass is 32.2. The van der Waals surface area contributed by atoms with Gasteiger partial charge in [-0.15, -0.1) is 0 Å². The summed E-state index contributed by atoms with van der Waals surface area (Å²) in [6.07, 6.45) is 2.58. The van der Waals surface area contributed by atoms with Gasteiger partial charge in [0, 0.05) is 26.7 Å². The van der Waals surface area contributed by atoms with E-state index in [4.69, 9.17) is 0 Å². The van der Waals surface area contributed by atoms with Gasteiger partial charge in [-0.05, 0) is 0 Å². The average Bonchev–Trinajstić information content (AvgIpc) is 2.69. The molecule has 0 aromatic carbocycles. The average molecular weight is 311 g/mol. The molecule has 0 aliphatic rings. The van der Waals surface area contributed by atoms with Crippen LogP contribution in [0.15, 0.2) is 6.20 Å². The Morgan fingerprint density at radius 3 is 2.32 bits per heavy atom. The Morgan fingerprint density at radius 2 is 1.89 bits per heavy atom. The second kappa shape index (κ2) is 5.57. The van der Waals surface area contributed by atoms with Gasteiger partial charge < -0.3 is 0 Å². The molecule has 0 bridgehead atoms. The van der Waals surface area contributed by atoms with Gasteiger partial charge in [0.2, 0.25) is 0 Å². The quantitative estimate of drug-likeness (QED) is 0.662. The summed E-state index contributed by atoms with van der Waals surface area (Å²) in [6.45, 7) is 1.47. The normalized spacial score (nSPS) is 13.1. The van der Waals surface area contributed by atoms with Gasteiger partial charge in [0.05, 0.1) is 11.9 Å². The van der Waals surface area contributed by atoms with E-state index in [0.29, 0.717) is 12.2 Å². The molecule has 19 heavy (non-hydrogen) atoms. The molecule has 0 radical (unpaired) electrons. The second-order valence-electron chi connectivity index (χ2n) is 4.05. The predicted molar refractivity (Wildman–Crippen MR) is 69.2 cm³/mol. The zero-order chi connectivity index (χ0) is 14.8. The molecule has 1 aromatic rings. The van der Waals surface area contributed by atoms with E-state index in [-0.39, 0.29) is 12.3 Å². The second-order valence-corrected chi connectivity index (χ2v) is 7.72. The molecule has 1 aromatic heterocycles. The molecule has 10 heteroatoms. The Kier molecular flexibility index (Phi) is 4.72. The van der Waals surface area contributed by atoms with Crippen LogP contribution in [0.2, 0.25) is 0 Å². The summed E-state index contributed by atoms with van der Waals surface area (Å²) in [5.74, 6) is 0.320. The Bertz CT molecular complexity index is 645. The summed E-state index contributed by atoms with van der Waals surface area (Å²) in [5.41, 5.74) is 0.243. The van der Waals surface area contributed by atoms with Gasteiger partial charge in [-0.25, -0.2) is 8.96 Å². The first kappa shape index (κ1) is 16.1. The van der Waals surface area contributed by atoms with Crippen molar-refractivity contribution >= 4 is 20.3 Å². The van der Waals surface area contributed by atoms with Gasteiger partial charge in [0.1, 0.15) is 12.4 Å². The third-order valence-corrected chi connectivity index (χ3v) is 4.52. The number of nitrogens with zero attached hydrogens (tertiary/aromatic N) is 3. The molecule has 110 valence electrons. The Labute approximate surface area is 113 Å². The minimum Gasteiger partial charge on any atom is -0.264 e. The Balaban J connectivity index is 3.12. The van der Waals surface area contributed by atoms with Gasteiger partial charge in [0.25, 0.3) is 10.1 Å². The van der Waals surface area contributed by atoms with Crippen molar-refractivity contribution in [2.75, 3.05) is 20.4 Å². The molecule has 1 heterocycles. The molecule has 0 N–H and O–H groups in total. The van der Waals surface area contributed by atoms with E-state index in [1.165, 1.54) is 20.3 Å². The summed E-state index contributed by atoms with van der Waals surface area (Å²) in [4.78, 5) is 4.05. The fraction of sp³-hybridized carbons (Fsp3) is 0.667. The van der Waals surface area contributed by atoms with Crippen molar-refractivity contribution < 1.29 is 21.0 Å². The highest BCUT2D eigenvalue weighted by Crippen LogP contribution is 2.11. The van der Waals surface area contributed by atoms with E-state index in [1.54, 1.807) is 6.92 Å². The molecule has 8 nitrogen and oxygen atoms in total. The van der Waals surface area contributed by atoms with E-state index in [9.17, 15) is 16.8 Å². The van der Waals surface area contributed by atoms with Crippen LogP contribution in [0.3, 0.4) is 0 Å². The molecule has 0 unspecified atom stereocenters. The number of imidazole rings is 1. The monoisotopic (exact) mass is 311 g/mol. The SMILES string of the molecule is CCc1nc(COS(C)(=O)=O)cn1S(=O)(=O)N(C)C. The lowest BCUT2D eigenvalue weighted by atomic mass is 10.5. The summed E-state index contributed by atoms with van der Waals surface area (Å²) in [5, 5.41) is 0. The molecule has 0 atom stereocenters. The lowest BCUT2D eigenvalue weighted by Crippen LogP contribution is -2.29. The maximum Gasteiger partial charge on any atom is 0.308 e. The molecule has 1 rings (SSSR count). The molecule has 0 saturated carbocycles. The van der Waals surface area contributed by atoms with Crippen LogP contribution in [0, 0.1) is 0 Å². The Hall–Kier alpha value is -0.970. The predicted octanol–water partition coefficient (Wildman–Crippen LogP) is -0.424. The Morgan fingerprint density at radius 1 is 1.32 bits per heavy atom. The zero-order valence-corrected chi connectivity index (χ0v) is 12.8. The fourth-order valence-corrected chi connectivity index (χ4v) is 2.68. The largest absolute Gasteiger partial charge is 0.308 e. The smallest absolute Gasteiger partial charge is 0.264 e. The maximum atomic E-state index is 12.0. The van der Waals surface area contributed by atoms with Crippen molar-refractivity contribution in [1.82, 2.24) is 13.3 Å². The number of rotatable bonds is 6. The standard InChI is InChI=1S/C9H17N3O5S2/c1-5-9-10-8(7-17-18(4,13)14)6-12(9)19(15,16)11(2)3/h6H,5,7H2,1-4H3. The number of aromatic nitrogens is 2. The third-order valence-electron chi connectivity index (χ3n) is 2.24. The number of hydrogen-bond acceptors (Lipinski definition) is 6. The summed E-state index contributed by atoms with van der Waals surface area (Å²) >= 11 is 0. The van der Waals surface area contributed by atoms with Crippen LogP contribution in [0.4, 0.5) is 0 Å². The molecular weight excluding hydrogens is 294 g/mol. The maximum absolute atomic E-state index is 12.0. The molecule has 0 spiro atoms. The van der Waals surface area contributed by atoms with Crippen molar-refractivity contribution in [1.29, 1.82) is 0 Å². The highest BCUT2D eigenvalue weighted by molar-refractivity contribution is 7.87. The minimum absolute atomic E-state index is 0.243. The van der Waals surface area contributed by atoms with Gasteiger partial charge in [-0.1, -0.05) is 6.92 Å². The van der Waals surface area contributed by atoms with Crippen LogP contribution in [-0.4, -0.2) is 50.4 Å². The zero-order valence-electron chi connectivity index (χ0n) is 11.2. The van der Waals surface area contributed by atoms with Crippen LogP contribution in [0.1, 0.15) is 18.4 Å². The van der Waals surface area contributed by atoms with Crippen molar-refractivity contribution in [3.05, 3.63) is 17.7 Å². The summed E-state index contributed by atoms with van der Waals surface area (Å²) in [6, 6.07) is 0. The topological polar surface area (TPSA) is 98.6 Å². The van der Waals surface area contributed by atoms with Crippen molar-refractivity contribution in [2.45, 2.75) is 20.0 Å². The highest BCUT2D eigenvalue weighted by Gasteiger charge is 2.21. The number of aryl methyl sites for hydroxylation is 1. The fourth-order valence-electron chi connectivity index (χ4n) is 1.30. The molecule has 0 aliphatic heterocycles. The van der Waals surface area contributed by atoms with Gasteiger partial charge in [-0.3, -0.25) is 4.18 Å². The lowest BCUT2D eigenvalue weighted by molar-refractivity contribution is 0.307. The first-order valence-corrected chi connectivity index (χ1v) is 8.64. The summed E-state index contributed by atoms with van der Waals surface area (Å²) < 4.78 is 52.5. The molecular formula is C9H17N3O5S2. The molecule has 0 fully saturated rings. The number of hydrogen-bond donors (Lipinski definition) is 0. The van der Waals surface area contributed by atoms with Crippen molar-refractivity contribution in [3.63, 3.8) is 0 Å². The summed E-state index contributed by atoms with van der Waals surface area (Å²) in [7, 11) is -4.46. The van der Waals surface area contributed by atoms with E-state index in [0.717, 1.165) is 14.5 Å². The molecule has 0 aliphatic carbocycles. The van der Waals surface area contributed by atoms with Gasteiger partial charge in [-0.2, -0.15) is 21.1 Å². The van der Waals surface area contributed by atoms with Crippen LogP contribution >= 0.6 is 0 Å². The molecule has 0 amide bonds. The van der Waals surface area contributed by atoms with E-state index >= 15 is 0 Å². The van der Waals surface area contributed by atoms with Crippen molar-refractivity contribution in [2.24, 2.45) is 0 Å². The molecule has 0 saturated heterocycles. The third kappa shape index (κ3) is 4.00. The van der Waals surface area contributed by atoms with E-state index in [2.05, 4.69) is 9.17 Å². The van der Waals surface area contributed by atoms with Crippen LogP contribution in [0.5, 0.6) is 0 Å². The van der Waals surface area contributed by atoms with Gasteiger partial charge in [0.15, 0.2) is 0 Å². The van der Waals surface area contributed by atoms with E-state index in [1.807, 2.05) is 0 Å². The minimum atomic E-state index is -3.67. The van der Waals surface area contributed by atoms with Crippen LogP contribution < -0.4 is 0 Å². The first-order valence-electron chi connectivity index (χ1n) is 5.42.